The molecule has 2 rings (SSSR count). The molecule has 0 aromatic heterocycles. The van der Waals surface area contributed by atoms with Crippen LogP contribution in [0, 0.1) is 13.8 Å². The van der Waals surface area contributed by atoms with Gasteiger partial charge in [-0.1, -0.05) is 42.8 Å². The van der Waals surface area contributed by atoms with Gasteiger partial charge in [0.1, 0.15) is 5.75 Å². The number of para-hydroxylation sites is 1. The number of carbonyl (C=O) groups excluding carboxylic acids is 1. The summed E-state index contributed by atoms with van der Waals surface area (Å²) in [5.74, 6) is 0.597. The van der Waals surface area contributed by atoms with Gasteiger partial charge >= 0.3 is 0 Å². The molecule has 1 amide bonds. The van der Waals surface area contributed by atoms with Gasteiger partial charge in [-0.3, -0.25) is 4.79 Å². The van der Waals surface area contributed by atoms with Crippen molar-refractivity contribution in [3.8, 4) is 5.75 Å². The van der Waals surface area contributed by atoms with Crippen molar-refractivity contribution in [3.63, 3.8) is 0 Å². The molecule has 1 N–H and O–H groups in total. The van der Waals surface area contributed by atoms with Crippen LogP contribution in [0.25, 0.3) is 0 Å². The predicted molar refractivity (Wildman–Crippen MR) is 85.7 cm³/mol. The first-order valence-electron chi connectivity index (χ1n) is 7.20. The zero-order valence-electron chi connectivity index (χ0n) is 12.7. The number of anilines is 1. The summed E-state index contributed by atoms with van der Waals surface area (Å²) in [6, 6.07) is 15.4. The zero-order valence-corrected chi connectivity index (χ0v) is 12.7. The first-order chi connectivity index (χ1) is 10.1. The minimum atomic E-state index is -0.493. The zero-order chi connectivity index (χ0) is 15.2. The summed E-state index contributed by atoms with van der Waals surface area (Å²) < 4.78 is 5.78. The quantitative estimate of drug-likeness (QED) is 0.897. The average molecular weight is 283 g/mol. The van der Waals surface area contributed by atoms with E-state index in [1.54, 1.807) is 0 Å². The van der Waals surface area contributed by atoms with Crippen LogP contribution in [0.4, 0.5) is 5.69 Å². The highest BCUT2D eigenvalue weighted by Gasteiger charge is 2.18. The Morgan fingerprint density at radius 3 is 2.38 bits per heavy atom. The van der Waals surface area contributed by atoms with Crippen LogP contribution in [-0.2, 0) is 4.79 Å². The summed E-state index contributed by atoms with van der Waals surface area (Å²) in [4.78, 5) is 12.3. The van der Waals surface area contributed by atoms with Crippen LogP contribution in [0.5, 0.6) is 5.75 Å². The predicted octanol–water partition coefficient (Wildman–Crippen LogP) is 4.10. The Kier molecular flexibility index (Phi) is 4.99. The van der Waals surface area contributed by atoms with E-state index in [0.717, 1.165) is 11.3 Å². The Morgan fingerprint density at radius 1 is 1.10 bits per heavy atom. The molecular formula is C18H21NO2. The standard InChI is InChI=1S/C18H21NO2/c1-4-17(21-15-11-9-13(2)10-12-15)18(20)19-16-8-6-5-7-14(16)3/h5-12,17H,4H2,1-3H3,(H,19,20). The van der Waals surface area contributed by atoms with E-state index in [0.29, 0.717) is 12.2 Å². The lowest BCUT2D eigenvalue weighted by atomic mass is 10.2. The van der Waals surface area contributed by atoms with E-state index in [1.165, 1.54) is 5.56 Å². The van der Waals surface area contributed by atoms with Gasteiger partial charge in [-0.25, -0.2) is 0 Å². The van der Waals surface area contributed by atoms with Gasteiger partial charge in [0.25, 0.3) is 5.91 Å². The summed E-state index contributed by atoms with van der Waals surface area (Å²) in [7, 11) is 0. The van der Waals surface area contributed by atoms with E-state index in [9.17, 15) is 4.79 Å². The molecule has 0 spiro atoms. The van der Waals surface area contributed by atoms with Crippen molar-refractivity contribution < 1.29 is 9.53 Å². The number of benzene rings is 2. The first kappa shape index (κ1) is 15.1. The Morgan fingerprint density at radius 2 is 1.76 bits per heavy atom. The normalized spacial score (nSPS) is 11.8. The molecule has 0 aliphatic carbocycles. The summed E-state index contributed by atoms with van der Waals surface area (Å²) in [6.07, 6.45) is 0.123. The van der Waals surface area contributed by atoms with E-state index < -0.39 is 6.10 Å². The minimum Gasteiger partial charge on any atom is -0.481 e. The van der Waals surface area contributed by atoms with Gasteiger partial charge in [0.15, 0.2) is 6.10 Å². The van der Waals surface area contributed by atoms with E-state index in [-0.39, 0.29) is 5.91 Å². The third-order valence-corrected chi connectivity index (χ3v) is 3.37. The lowest BCUT2D eigenvalue weighted by molar-refractivity contribution is -0.122. The minimum absolute atomic E-state index is 0.118. The largest absolute Gasteiger partial charge is 0.481 e. The molecule has 1 atom stereocenters. The van der Waals surface area contributed by atoms with Crippen LogP contribution >= 0.6 is 0 Å². The molecule has 0 saturated heterocycles. The molecule has 2 aromatic carbocycles. The van der Waals surface area contributed by atoms with E-state index in [2.05, 4.69) is 5.32 Å². The molecule has 2 aromatic rings. The molecule has 3 nitrogen and oxygen atoms in total. The molecule has 0 saturated carbocycles. The van der Waals surface area contributed by atoms with Gasteiger partial charge in [0, 0.05) is 5.69 Å². The fraction of sp³-hybridized carbons (Fsp3) is 0.278. The average Bonchev–Trinajstić information content (AvgIpc) is 2.49. The first-order valence-corrected chi connectivity index (χ1v) is 7.20. The van der Waals surface area contributed by atoms with Crippen molar-refractivity contribution in [1.29, 1.82) is 0 Å². The van der Waals surface area contributed by atoms with E-state index in [4.69, 9.17) is 4.74 Å². The Balaban J connectivity index is 2.05. The van der Waals surface area contributed by atoms with E-state index in [1.807, 2.05) is 69.3 Å². The highest BCUT2D eigenvalue weighted by Crippen LogP contribution is 2.17. The molecular weight excluding hydrogens is 262 g/mol. The van der Waals surface area contributed by atoms with Gasteiger partial charge in [-0.05, 0) is 44.0 Å². The molecule has 0 aliphatic heterocycles. The van der Waals surface area contributed by atoms with Crippen LogP contribution < -0.4 is 10.1 Å². The highest BCUT2D eigenvalue weighted by atomic mass is 16.5. The number of carbonyl (C=O) groups is 1. The fourth-order valence-corrected chi connectivity index (χ4v) is 2.03. The molecule has 0 aliphatic rings. The van der Waals surface area contributed by atoms with Gasteiger partial charge in [-0.2, -0.15) is 0 Å². The topological polar surface area (TPSA) is 38.3 Å². The molecule has 0 radical (unpaired) electrons. The van der Waals surface area contributed by atoms with Crippen molar-refractivity contribution in [1.82, 2.24) is 0 Å². The maximum absolute atomic E-state index is 12.3. The Hall–Kier alpha value is -2.29. The number of aryl methyl sites for hydroxylation is 2. The molecule has 0 bridgehead atoms. The number of amides is 1. The maximum Gasteiger partial charge on any atom is 0.265 e. The van der Waals surface area contributed by atoms with Crippen molar-refractivity contribution in [2.24, 2.45) is 0 Å². The van der Waals surface area contributed by atoms with Crippen LogP contribution in [0.1, 0.15) is 24.5 Å². The third kappa shape index (κ3) is 4.09. The monoisotopic (exact) mass is 283 g/mol. The number of nitrogens with one attached hydrogen (secondary N) is 1. The van der Waals surface area contributed by atoms with Crippen LogP contribution in [-0.4, -0.2) is 12.0 Å². The Bertz CT molecular complexity index is 605. The van der Waals surface area contributed by atoms with Crippen LogP contribution in [0.2, 0.25) is 0 Å². The van der Waals surface area contributed by atoms with Crippen LogP contribution in [0.15, 0.2) is 48.5 Å². The summed E-state index contributed by atoms with van der Waals surface area (Å²) in [6.45, 7) is 5.93. The van der Waals surface area contributed by atoms with Gasteiger partial charge < -0.3 is 10.1 Å². The van der Waals surface area contributed by atoms with Crippen molar-refractivity contribution in [3.05, 3.63) is 59.7 Å². The van der Waals surface area contributed by atoms with Gasteiger partial charge in [-0.15, -0.1) is 0 Å². The van der Waals surface area contributed by atoms with Crippen molar-refractivity contribution >= 4 is 11.6 Å². The summed E-state index contributed by atoms with van der Waals surface area (Å²) in [5, 5.41) is 2.93. The van der Waals surface area contributed by atoms with Crippen molar-refractivity contribution in [2.45, 2.75) is 33.3 Å². The lowest BCUT2D eigenvalue weighted by Gasteiger charge is -2.18. The molecule has 3 heteroatoms. The molecule has 21 heavy (non-hydrogen) atoms. The SMILES string of the molecule is CCC(Oc1ccc(C)cc1)C(=O)Nc1ccccc1C. The molecule has 110 valence electrons. The lowest BCUT2D eigenvalue weighted by Crippen LogP contribution is -2.32. The summed E-state index contributed by atoms with van der Waals surface area (Å²) >= 11 is 0. The second-order valence-electron chi connectivity index (χ2n) is 5.13. The molecule has 0 heterocycles. The smallest absolute Gasteiger partial charge is 0.265 e. The maximum atomic E-state index is 12.3. The number of ether oxygens (including phenoxy) is 1. The number of rotatable bonds is 5. The number of hydrogen-bond donors (Lipinski definition) is 1. The molecule has 1 unspecified atom stereocenters. The van der Waals surface area contributed by atoms with Crippen LogP contribution in [0.3, 0.4) is 0 Å². The second-order valence-corrected chi connectivity index (χ2v) is 5.13. The van der Waals surface area contributed by atoms with Crippen molar-refractivity contribution in [2.75, 3.05) is 5.32 Å². The Labute approximate surface area is 126 Å². The van der Waals surface area contributed by atoms with Gasteiger partial charge in [0.05, 0.1) is 0 Å². The molecule has 0 fully saturated rings. The van der Waals surface area contributed by atoms with E-state index >= 15 is 0 Å². The number of hydrogen-bond acceptors (Lipinski definition) is 2. The fourth-order valence-electron chi connectivity index (χ4n) is 2.03. The second kappa shape index (κ2) is 6.93. The van der Waals surface area contributed by atoms with Gasteiger partial charge in [0.2, 0.25) is 0 Å². The summed E-state index contributed by atoms with van der Waals surface area (Å²) in [5.41, 5.74) is 3.03. The third-order valence-electron chi connectivity index (χ3n) is 3.37. The highest BCUT2D eigenvalue weighted by molar-refractivity contribution is 5.94.